The molecule has 0 aliphatic carbocycles. The maximum atomic E-state index is 13.7. The first kappa shape index (κ1) is 24.8. The first-order valence-corrected chi connectivity index (χ1v) is 13.2. The van der Waals surface area contributed by atoms with Crippen molar-refractivity contribution in [2.75, 3.05) is 11.7 Å². The third kappa shape index (κ3) is 5.37. The van der Waals surface area contributed by atoms with E-state index in [1.54, 1.807) is 29.2 Å². The number of nitrogens with one attached hydrogen (secondary N) is 1. The average Bonchev–Trinajstić information content (AvgIpc) is 3.43. The van der Waals surface area contributed by atoms with Crippen LogP contribution in [0.15, 0.2) is 101 Å². The molecule has 0 saturated heterocycles. The van der Waals surface area contributed by atoms with Crippen LogP contribution in [-0.2, 0) is 17.9 Å². The summed E-state index contributed by atoms with van der Waals surface area (Å²) < 4.78 is 24.3. The molecular formula is C31H23FN2O4S. The molecule has 194 valence electrons. The van der Waals surface area contributed by atoms with Gasteiger partial charge in [0.05, 0.1) is 17.1 Å². The van der Waals surface area contributed by atoms with E-state index in [1.165, 1.54) is 23.9 Å². The van der Waals surface area contributed by atoms with Crippen molar-refractivity contribution in [2.45, 2.75) is 18.0 Å². The number of rotatable bonds is 6. The minimum atomic E-state index is -0.342. The van der Waals surface area contributed by atoms with Gasteiger partial charge in [0.2, 0.25) is 6.79 Å². The molecule has 4 aromatic carbocycles. The molecule has 0 unspecified atom stereocenters. The minimum Gasteiger partial charge on any atom is -0.454 e. The lowest BCUT2D eigenvalue weighted by atomic mass is 10.1. The lowest BCUT2D eigenvalue weighted by Gasteiger charge is -2.31. The highest BCUT2D eigenvalue weighted by molar-refractivity contribution is 8.04. The molecule has 6 nitrogen and oxygen atoms in total. The van der Waals surface area contributed by atoms with Crippen molar-refractivity contribution in [3.63, 3.8) is 0 Å². The Morgan fingerprint density at radius 1 is 0.923 bits per heavy atom. The van der Waals surface area contributed by atoms with Gasteiger partial charge >= 0.3 is 0 Å². The monoisotopic (exact) mass is 538 g/mol. The number of hydrogen-bond acceptors (Lipinski definition) is 5. The molecule has 1 N–H and O–H groups in total. The number of ether oxygens (including phenoxy) is 2. The molecule has 2 amide bonds. The number of hydrogen-bond donors (Lipinski definition) is 1. The number of halogens is 1. The normalized spacial score (nSPS) is 14.8. The van der Waals surface area contributed by atoms with E-state index in [-0.39, 0.29) is 31.0 Å². The van der Waals surface area contributed by atoms with E-state index in [9.17, 15) is 14.0 Å². The second kappa shape index (κ2) is 10.7. The van der Waals surface area contributed by atoms with Crippen LogP contribution < -0.4 is 19.7 Å². The van der Waals surface area contributed by atoms with Crippen LogP contribution in [0, 0.1) is 5.82 Å². The number of thioether (sulfide) groups is 1. The third-order valence-electron chi connectivity index (χ3n) is 6.43. The number of carbonyl (C=O) groups excluding carboxylic acids is 2. The Hall–Kier alpha value is -4.56. The predicted octanol–water partition coefficient (Wildman–Crippen LogP) is 6.16. The molecule has 0 aromatic heterocycles. The molecule has 2 heterocycles. The number of benzene rings is 4. The SMILES string of the molecule is O=C(NCc1ccc2c(c1)OCO2)c1ccc2c(c1)N(Cc1ccc(F)cc1)C(=O)/C(=C/c1ccccc1)S2. The van der Waals surface area contributed by atoms with Gasteiger partial charge < -0.3 is 19.7 Å². The largest absolute Gasteiger partial charge is 0.454 e. The molecule has 6 rings (SSSR count). The van der Waals surface area contributed by atoms with Gasteiger partial charge in [0.15, 0.2) is 11.5 Å². The van der Waals surface area contributed by atoms with Crippen molar-refractivity contribution in [3.8, 4) is 11.5 Å². The van der Waals surface area contributed by atoms with Crippen molar-refractivity contribution >= 4 is 35.3 Å². The maximum Gasteiger partial charge on any atom is 0.265 e. The van der Waals surface area contributed by atoms with E-state index in [2.05, 4.69) is 5.32 Å². The van der Waals surface area contributed by atoms with Gasteiger partial charge in [0, 0.05) is 17.0 Å². The highest BCUT2D eigenvalue weighted by atomic mass is 32.2. The number of fused-ring (bicyclic) bond motifs is 2. The molecule has 39 heavy (non-hydrogen) atoms. The Balaban J connectivity index is 1.28. The summed E-state index contributed by atoms with van der Waals surface area (Å²) in [5.74, 6) is 0.551. The first-order valence-electron chi connectivity index (χ1n) is 12.4. The summed E-state index contributed by atoms with van der Waals surface area (Å²) in [4.78, 5) is 29.8. The van der Waals surface area contributed by atoms with Crippen molar-refractivity contribution in [1.82, 2.24) is 5.32 Å². The number of carbonyl (C=O) groups is 2. The number of anilines is 1. The van der Waals surface area contributed by atoms with Crippen LogP contribution in [0.5, 0.6) is 11.5 Å². The van der Waals surface area contributed by atoms with Crippen molar-refractivity contribution in [3.05, 3.63) is 124 Å². The minimum absolute atomic E-state index is 0.182. The zero-order valence-corrected chi connectivity index (χ0v) is 21.5. The van der Waals surface area contributed by atoms with E-state index < -0.39 is 0 Å². The number of nitrogens with zero attached hydrogens (tertiary/aromatic N) is 1. The number of amides is 2. The second-order valence-electron chi connectivity index (χ2n) is 9.09. The van der Waals surface area contributed by atoms with E-state index in [0.29, 0.717) is 34.2 Å². The lowest BCUT2D eigenvalue weighted by Crippen LogP contribution is -2.34. The topological polar surface area (TPSA) is 67.9 Å². The zero-order valence-electron chi connectivity index (χ0n) is 20.7. The van der Waals surface area contributed by atoms with Gasteiger partial charge in [-0.25, -0.2) is 4.39 Å². The van der Waals surface area contributed by atoms with E-state index in [4.69, 9.17) is 9.47 Å². The van der Waals surface area contributed by atoms with Crippen molar-refractivity contribution in [1.29, 1.82) is 0 Å². The van der Waals surface area contributed by atoms with Gasteiger partial charge in [-0.1, -0.05) is 60.3 Å². The Bertz CT molecular complexity index is 1590. The Labute approximate surface area is 229 Å². The van der Waals surface area contributed by atoms with Crippen LogP contribution in [0.25, 0.3) is 6.08 Å². The maximum absolute atomic E-state index is 13.7. The molecule has 0 atom stereocenters. The van der Waals surface area contributed by atoms with Crippen LogP contribution in [-0.4, -0.2) is 18.6 Å². The average molecular weight is 539 g/mol. The molecule has 8 heteroatoms. The first-order chi connectivity index (χ1) is 19.0. The van der Waals surface area contributed by atoms with Crippen molar-refractivity contribution < 1.29 is 23.5 Å². The molecular weight excluding hydrogens is 515 g/mol. The lowest BCUT2D eigenvalue weighted by molar-refractivity contribution is -0.114. The van der Waals surface area contributed by atoms with Crippen LogP contribution in [0.4, 0.5) is 10.1 Å². The van der Waals surface area contributed by atoms with E-state index >= 15 is 0 Å². The standard InChI is InChI=1S/C31H23FN2O4S/c32-24-10-6-21(7-11-24)18-34-25-16-23(30(35)33-17-22-8-12-26-27(14-22)38-19-37-26)9-13-28(25)39-29(31(34)36)15-20-4-2-1-3-5-20/h1-16H,17-19H2,(H,33,35)/b29-15-. The highest BCUT2D eigenvalue weighted by Gasteiger charge is 2.30. The summed E-state index contributed by atoms with van der Waals surface area (Å²) >= 11 is 1.37. The summed E-state index contributed by atoms with van der Waals surface area (Å²) in [5, 5.41) is 2.94. The van der Waals surface area contributed by atoms with Gasteiger partial charge in [-0.15, -0.1) is 0 Å². The fraction of sp³-hybridized carbons (Fsp3) is 0.0968. The molecule has 0 fully saturated rings. The van der Waals surface area contributed by atoms with Gasteiger partial charge in [-0.2, -0.15) is 0 Å². The van der Waals surface area contributed by atoms with Crippen molar-refractivity contribution in [2.24, 2.45) is 0 Å². The zero-order chi connectivity index (χ0) is 26.8. The molecule has 0 saturated carbocycles. The summed E-state index contributed by atoms with van der Waals surface area (Å²) in [6.07, 6.45) is 1.86. The Morgan fingerprint density at radius 2 is 1.69 bits per heavy atom. The molecule has 0 radical (unpaired) electrons. The summed E-state index contributed by atoms with van der Waals surface area (Å²) in [6, 6.07) is 26.6. The van der Waals surface area contributed by atoms with Crippen LogP contribution in [0.2, 0.25) is 0 Å². The van der Waals surface area contributed by atoms with E-state index in [1.807, 2.05) is 60.7 Å². The van der Waals surface area contributed by atoms with Crippen LogP contribution in [0.1, 0.15) is 27.0 Å². The Morgan fingerprint density at radius 3 is 2.51 bits per heavy atom. The van der Waals surface area contributed by atoms with Gasteiger partial charge in [0.25, 0.3) is 11.8 Å². The van der Waals surface area contributed by atoms with Gasteiger partial charge in [-0.3, -0.25) is 9.59 Å². The Kier molecular flexibility index (Phi) is 6.77. The van der Waals surface area contributed by atoms with Crippen LogP contribution in [0.3, 0.4) is 0 Å². The summed E-state index contributed by atoms with van der Waals surface area (Å²) in [7, 11) is 0. The fourth-order valence-corrected chi connectivity index (χ4v) is 5.46. The molecule has 4 aromatic rings. The fourth-order valence-electron chi connectivity index (χ4n) is 4.42. The molecule has 0 spiro atoms. The second-order valence-corrected chi connectivity index (χ2v) is 10.2. The summed E-state index contributed by atoms with van der Waals surface area (Å²) in [5.41, 5.74) is 3.64. The highest BCUT2D eigenvalue weighted by Crippen LogP contribution is 2.43. The third-order valence-corrected chi connectivity index (χ3v) is 7.51. The smallest absolute Gasteiger partial charge is 0.265 e. The van der Waals surface area contributed by atoms with Crippen LogP contribution >= 0.6 is 11.8 Å². The van der Waals surface area contributed by atoms with Gasteiger partial charge in [0.1, 0.15) is 5.82 Å². The van der Waals surface area contributed by atoms with Gasteiger partial charge in [-0.05, 0) is 65.2 Å². The predicted molar refractivity (Wildman–Crippen MR) is 148 cm³/mol. The molecule has 2 aliphatic rings. The quantitative estimate of drug-likeness (QED) is 0.298. The molecule has 2 aliphatic heterocycles. The molecule has 0 bridgehead atoms. The summed E-state index contributed by atoms with van der Waals surface area (Å²) in [6.45, 7) is 0.734. The van der Waals surface area contributed by atoms with E-state index in [0.717, 1.165) is 21.6 Å².